The maximum atomic E-state index is 5.76. The van der Waals surface area contributed by atoms with Gasteiger partial charge in [-0.1, -0.05) is 6.42 Å². The summed E-state index contributed by atoms with van der Waals surface area (Å²) in [7, 11) is 0. The van der Waals surface area contributed by atoms with Crippen molar-refractivity contribution in [2.45, 2.75) is 45.6 Å². The molecule has 19 heavy (non-hydrogen) atoms. The first-order valence-electron chi connectivity index (χ1n) is 7.37. The molecule has 1 unspecified atom stereocenters. The Morgan fingerprint density at radius 1 is 1.47 bits per heavy atom. The summed E-state index contributed by atoms with van der Waals surface area (Å²) in [5, 5.41) is 3.37. The molecule has 1 aliphatic rings. The predicted molar refractivity (Wildman–Crippen MR) is 81.4 cm³/mol. The van der Waals surface area contributed by atoms with Crippen molar-refractivity contribution < 1.29 is 0 Å². The van der Waals surface area contributed by atoms with Crippen molar-refractivity contribution in [1.29, 1.82) is 0 Å². The van der Waals surface area contributed by atoms with Crippen molar-refractivity contribution >= 4 is 11.5 Å². The average molecular weight is 262 g/mol. The second-order valence-corrected chi connectivity index (χ2v) is 5.59. The lowest BCUT2D eigenvalue weighted by molar-refractivity contribution is 0.160. The molecule has 3 N–H and O–H groups in total. The molecule has 2 rings (SSSR count). The number of nitrogen functional groups attached to an aromatic ring is 1. The minimum absolute atomic E-state index is 0.755. The predicted octanol–water partition coefficient (Wildman–Crippen LogP) is 2.65. The SMILES string of the molecule is Cc1cc(NCCCN2CCCCC2C)ncc1N. The summed E-state index contributed by atoms with van der Waals surface area (Å²) >= 11 is 0. The van der Waals surface area contributed by atoms with E-state index in [0.29, 0.717) is 0 Å². The Kier molecular flexibility index (Phi) is 5.02. The molecule has 0 aliphatic carbocycles. The average Bonchev–Trinajstić information content (AvgIpc) is 2.40. The van der Waals surface area contributed by atoms with Crippen molar-refractivity contribution in [3.8, 4) is 0 Å². The summed E-state index contributed by atoms with van der Waals surface area (Å²) in [5.74, 6) is 0.929. The highest BCUT2D eigenvalue weighted by Gasteiger charge is 2.16. The van der Waals surface area contributed by atoms with E-state index in [2.05, 4.69) is 22.1 Å². The van der Waals surface area contributed by atoms with Crippen LogP contribution in [0.25, 0.3) is 0 Å². The van der Waals surface area contributed by atoms with Gasteiger partial charge in [0.1, 0.15) is 5.82 Å². The van der Waals surface area contributed by atoms with Crippen LogP contribution in [0.5, 0.6) is 0 Å². The molecule has 1 fully saturated rings. The molecule has 4 heteroatoms. The molecule has 1 aliphatic heterocycles. The zero-order valence-corrected chi connectivity index (χ0v) is 12.2. The van der Waals surface area contributed by atoms with E-state index in [9.17, 15) is 0 Å². The summed E-state index contributed by atoms with van der Waals surface area (Å²) in [6.07, 6.45) is 6.99. The number of piperidine rings is 1. The fourth-order valence-electron chi connectivity index (χ4n) is 2.65. The van der Waals surface area contributed by atoms with Gasteiger partial charge in [-0.15, -0.1) is 0 Å². The number of aromatic nitrogens is 1. The number of anilines is 2. The Labute approximate surface area is 116 Å². The number of nitrogens with zero attached hydrogens (tertiary/aromatic N) is 2. The van der Waals surface area contributed by atoms with Gasteiger partial charge < -0.3 is 16.0 Å². The van der Waals surface area contributed by atoms with Crippen molar-refractivity contribution in [2.24, 2.45) is 0 Å². The number of rotatable bonds is 5. The number of aryl methyl sites for hydroxylation is 1. The normalized spacial score (nSPS) is 20.4. The molecule has 1 aromatic heterocycles. The van der Waals surface area contributed by atoms with Gasteiger partial charge in [0, 0.05) is 19.1 Å². The maximum absolute atomic E-state index is 5.76. The summed E-state index contributed by atoms with van der Waals surface area (Å²) < 4.78 is 0. The molecular formula is C15H26N4. The van der Waals surface area contributed by atoms with Gasteiger partial charge in [-0.2, -0.15) is 0 Å². The minimum Gasteiger partial charge on any atom is -0.397 e. The van der Waals surface area contributed by atoms with E-state index in [1.807, 2.05) is 13.0 Å². The highest BCUT2D eigenvalue weighted by atomic mass is 15.2. The van der Waals surface area contributed by atoms with Gasteiger partial charge in [-0.25, -0.2) is 4.98 Å². The van der Waals surface area contributed by atoms with E-state index in [1.54, 1.807) is 6.20 Å². The van der Waals surface area contributed by atoms with E-state index >= 15 is 0 Å². The first-order valence-corrected chi connectivity index (χ1v) is 7.37. The van der Waals surface area contributed by atoms with Crippen LogP contribution in [0, 0.1) is 6.92 Å². The van der Waals surface area contributed by atoms with Crippen LogP contribution in [-0.2, 0) is 0 Å². The van der Waals surface area contributed by atoms with Crippen molar-refractivity contribution in [1.82, 2.24) is 9.88 Å². The van der Waals surface area contributed by atoms with Crippen LogP contribution in [-0.4, -0.2) is 35.6 Å². The molecule has 4 nitrogen and oxygen atoms in total. The van der Waals surface area contributed by atoms with Crippen LogP contribution >= 0.6 is 0 Å². The number of hydrogen-bond acceptors (Lipinski definition) is 4. The molecule has 0 spiro atoms. The van der Waals surface area contributed by atoms with Gasteiger partial charge in [-0.3, -0.25) is 0 Å². The lowest BCUT2D eigenvalue weighted by Gasteiger charge is -2.33. The maximum Gasteiger partial charge on any atom is 0.126 e. The lowest BCUT2D eigenvalue weighted by Crippen LogP contribution is -2.38. The quantitative estimate of drug-likeness (QED) is 0.801. The van der Waals surface area contributed by atoms with Crippen molar-refractivity contribution in [2.75, 3.05) is 30.7 Å². The van der Waals surface area contributed by atoms with Gasteiger partial charge in [-0.05, 0) is 51.3 Å². The van der Waals surface area contributed by atoms with E-state index < -0.39 is 0 Å². The second kappa shape index (κ2) is 6.75. The molecule has 0 aromatic carbocycles. The smallest absolute Gasteiger partial charge is 0.126 e. The van der Waals surface area contributed by atoms with E-state index in [1.165, 1.54) is 32.4 Å². The standard InChI is InChI=1S/C15H26N4/c1-12-10-15(18-11-14(12)16)17-7-5-9-19-8-4-3-6-13(19)2/h10-11,13H,3-9,16H2,1-2H3,(H,17,18). The van der Waals surface area contributed by atoms with E-state index in [4.69, 9.17) is 5.73 Å². The van der Waals surface area contributed by atoms with Crippen LogP contribution in [0.15, 0.2) is 12.3 Å². The fraction of sp³-hybridized carbons (Fsp3) is 0.667. The molecule has 2 heterocycles. The Hall–Kier alpha value is -1.29. The Morgan fingerprint density at radius 2 is 2.32 bits per heavy atom. The van der Waals surface area contributed by atoms with Crippen LogP contribution in [0.1, 0.15) is 38.2 Å². The van der Waals surface area contributed by atoms with Crippen LogP contribution in [0.2, 0.25) is 0 Å². The number of nitrogens with two attached hydrogens (primary N) is 1. The molecule has 106 valence electrons. The van der Waals surface area contributed by atoms with Gasteiger partial charge >= 0.3 is 0 Å². The van der Waals surface area contributed by atoms with E-state index in [-0.39, 0.29) is 0 Å². The van der Waals surface area contributed by atoms with Gasteiger partial charge in [0.25, 0.3) is 0 Å². The third kappa shape index (κ3) is 4.10. The van der Waals surface area contributed by atoms with Gasteiger partial charge in [0.15, 0.2) is 0 Å². The van der Waals surface area contributed by atoms with Crippen molar-refractivity contribution in [3.05, 3.63) is 17.8 Å². The number of likely N-dealkylation sites (tertiary alicyclic amines) is 1. The number of pyridine rings is 1. The zero-order valence-electron chi connectivity index (χ0n) is 12.2. The third-order valence-electron chi connectivity index (χ3n) is 4.02. The molecule has 0 saturated carbocycles. The molecule has 0 bridgehead atoms. The molecule has 1 aromatic rings. The van der Waals surface area contributed by atoms with Gasteiger partial charge in [0.05, 0.1) is 11.9 Å². The molecule has 1 saturated heterocycles. The largest absolute Gasteiger partial charge is 0.397 e. The molecule has 0 radical (unpaired) electrons. The minimum atomic E-state index is 0.755. The first-order chi connectivity index (χ1) is 9.16. The summed E-state index contributed by atoms with van der Waals surface area (Å²) in [6, 6.07) is 2.77. The zero-order chi connectivity index (χ0) is 13.7. The summed E-state index contributed by atoms with van der Waals surface area (Å²) in [5.41, 5.74) is 7.60. The molecule has 1 atom stereocenters. The topological polar surface area (TPSA) is 54.2 Å². The van der Waals surface area contributed by atoms with Crippen molar-refractivity contribution in [3.63, 3.8) is 0 Å². The first kappa shape index (κ1) is 14.1. The fourth-order valence-corrected chi connectivity index (χ4v) is 2.65. The Morgan fingerprint density at radius 3 is 3.05 bits per heavy atom. The highest BCUT2D eigenvalue weighted by Crippen LogP contribution is 2.16. The molecule has 0 amide bonds. The van der Waals surface area contributed by atoms with Crippen LogP contribution in [0.4, 0.5) is 11.5 Å². The highest BCUT2D eigenvalue weighted by molar-refractivity contribution is 5.50. The number of nitrogens with one attached hydrogen (secondary N) is 1. The Bertz CT molecular complexity index is 405. The van der Waals surface area contributed by atoms with E-state index in [0.717, 1.165) is 36.1 Å². The molecular weight excluding hydrogens is 236 g/mol. The monoisotopic (exact) mass is 262 g/mol. The third-order valence-corrected chi connectivity index (χ3v) is 4.02. The van der Waals surface area contributed by atoms with Crippen LogP contribution < -0.4 is 11.1 Å². The summed E-state index contributed by atoms with van der Waals surface area (Å²) in [4.78, 5) is 6.89. The number of hydrogen-bond donors (Lipinski definition) is 2. The second-order valence-electron chi connectivity index (χ2n) is 5.59. The lowest BCUT2D eigenvalue weighted by atomic mass is 10.0. The summed E-state index contributed by atoms with van der Waals surface area (Å²) in [6.45, 7) is 7.77. The Balaban J connectivity index is 1.70. The van der Waals surface area contributed by atoms with Gasteiger partial charge in [0.2, 0.25) is 0 Å². The van der Waals surface area contributed by atoms with Crippen LogP contribution in [0.3, 0.4) is 0 Å².